The van der Waals surface area contributed by atoms with Crippen molar-refractivity contribution in [2.45, 2.75) is 26.7 Å². The Labute approximate surface area is 194 Å². The van der Waals surface area contributed by atoms with Crippen LogP contribution in [0.2, 0.25) is 0 Å². The molecule has 2 saturated heterocycles. The van der Waals surface area contributed by atoms with Gasteiger partial charge < -0.3 is 19.9 Å². The monoisotopic (exact) mass is 446 g/mol. The molecule has 8 heteroatoms. The molecule has 1 amide bonds. The maximum atomic E-state index is 13.0. The summed E-state index contributed by atoms with van der Waals surface area (Å²) in [5, 5.41) is 3.11. The molecule has 2 aromatic heterocycles. The fourth-order valence-electron chi connectivity index (χ4n) is 4.53. The molecule has 0 aliphatic carbocycles. The Morgan fingerprint density at radius 1 is 1.00 bits per heavy atom. The molecular weight excluding hydrogens is 416 g/mol. The summed E-state index contributed by atoms with van der Waals surface area (Å²) in [6, 6.07) is 10.1. The van der Waals surface area contributed by atoms with Gasteiger partial charge in [-0.2, -0.15) is 0 Å². The van der Waals surface area contributed by atoms with E-state index >= 15 is 0 Å². The lowest BCUT2D eigenvalue weighted by atomic mass is 9.96. The first-order chi connectivity index (χ1) is 16.1. The Hall–Kier alpha value is -3.26. The zero-order chi connectivity index (χ0) is 22.8. The molecule has 33 heavy (non-hydrogen) atoms. The van der Waals surface area contributed by atoms with E-state index in [2.05, 4.69) is 42.2 Å². The molecule has 0 spiro atoms. The number of nitrogens with zero attached hydrogens (tertiary/aromatic N) is 5. The Morgan fingerprint density at radius 3 is 2.55 bits per heavy atom. The number of rotatable bonds is 4. The molecule has 0 radical (unpaired) electrons. The molecule has 3 aromatic rings. The second kappa shape index (κ2) is 9.31. The number of carbonyl (C=O) groups is 1. The Balaban J connectivity index is 1.24. The molecule has 0 unspecified atom stereocenters. The molecule has 1 atom stereocenters. The van der Waals surface area contributed by atoms with Gasteiger partial charge in [0.2, 0.25) is 5.91 Å². The van der Waals surface area contributed by atoms with Crippen molar-refractivity contribution in [3.8, 4) is 0 Å². The summed E-state index contributed by atoms with van der Waals surface area (Å²) in [5.41, 5.74) is 6.26. The van der Waals surface area contributed by atoms with Crippen LogP contribution in [0.15, 0.2) is 36.5 Å². The molecule has 1 aromatic carbocycles. The van der Waals surface area contributed by atoms with Crippen LogP contribution < -0.4 is 15.1 Å². The lowest BCUT2D eigenvalue weighted by Crippen LogP contribution is -2.40. The van der Waals surface area contributed by atoms with Crippen LogP contribution in [0.3, 0.4) is 0 Å². The maximum Gasteiger partial charge on any atom is 0.229 e. The highest BCUT2D eigenvalue weighted by atomic mass is 16.5. The number of pyridine rings is 1. The molecular formula is C25H30N6O2. The molecule has 4 heterocycles. The zero-order valence-electron chi connectivity index (χ0n) is 19.3. The number of anilines is 3. The standard InChI is InChI=1S/C25H30N6O2/c1-17-18(2)28-24-23(27-17)14-22(15-26-24)31-9-3-4-19(16-31)25(32)29-20-5-7-21(8-6-20)30-10-12-33-13-11-30/h5-8,14-15,19H,3-4,9-13,16H2,1-2H3,(H,29,32)/t19-/m0/s1. The quantitative estimate of drug-likeness (QED) is 0.658. The fraction of sp³-hybridized carbons (Fsp3) is 0.440. The first kappa shape index (κ1) is 21.6. The average Bonchev–Trinajstić information content (AvgIpc) is 2.85. The normalized spacial score (nSPS) is 19.0. The van der Waals surface area contributed by atoms with Crippen molar-refractivity contribution in [3.63, 3.8) is 0 Å². The van der Waals surface area contributed by atoms with E-state index in [4.69, 9.17) is 4.74 Å². The SMILES string of the molecule is Cc1nc2cc(N3CCC[C@H](C(=O)Nc4ccc(N5CCOCC5)cc4)C3)cnc2nc1C. The summed E-state index contributed by atoms with van der Waals surface area (Å²) in [4.78, 5) is 31.2. The van der Waals surface area contributed by atoms with E-state index < -0.39 is 0 Å². The Kier molecular flexibility index (Phi) is 6.09. The van der Waals surface area contributed by atoms with Crippen LogP contribution in [0, 0.1) is 19.8 Å². The number of carbonyl (C=O) groups excluding carboxylic acids is 1. The maximum absolute atomic E-state index is 13.0. The van der Waals surface area contributed by atoms with Gasteiger partial charge in [-0.1, -0.05) is 0 Å². The van der Waals surface area contributed by atoms with Crippen molar-refractivity contribution in [2.24, 2.45) is 5.92 Å². The highest BCUT2D eigenvalue weighted by Crippen LogP contribution is 2.26. The first-order valence-corrected chi connectivity index (χ1v) is 11.7. The summed E-state index contributed by atoms with van der Waals surface area (Å²) >= 11 is 0. The second-order valence-corrected chi connectivity index (χ2v) is 8.85. The van der Waals surface area contributed by atoms with Gasteiger partial charge in [0.1, 0.15) is 5.52 Å². The number of aromatic nitrogens is 3. The molecule has 1 N–H and O–H groups in total. The van der Waals surface area contributed by atoms with Gasteiger partial charge in [-0.15, -0.1) is 0 Å². The number of ether oxygens (including phenoxy) is 1. The van der Waals surface area contributed by atoms with E-state index in [1.54, 1.807) is 0 Å². The predicted octanol–water partition coefficient (Wildman–Crippen LogP) is 3.33. The molecule has 5 rings (SSSR count). The van der Waals surface area contributed by atoms with Gasteiger partial charge in [0.05, 0.1) is 42.4 Å². The van der Waals surface area contributed by atoms with E-state index in [0.29, 0.717) is 12.2 Å². The Bertz CT molecular complexity index is 1140. The van der Waals surface area contributed by atoms with Gasteiger partial charge >= 0.3 is 0 Å². The fourth-order valence-corrected chi connectivity index (χ4v) is 4.53. The van der Waals surface area contributed by atoms with E-state index in [1.165, 1.54) is 0 Å². The number of hydrogen-bond donors (Lipinski definition) is 1. The Morgan fingerprint density at radius 2 is 1.76 bits per heavy atom. The van der Waals surface area contributed by atoms with Crippen LogP contribution in [0.25, 0.3) is 11.2 Å². The molecule has 8 nitrogen and oxygen atoms in total. The minimum Gasteiger partial charge on any atom is -0.378 e. The van der Waals surface area contributed by atoms with Crippen LogP contribution in [0.1, 0.15) is 24.2 Å². The zero-order valence-corrected chi connectivity index (χ0v) is 19.3. The van der Waals surface area contributed by atoms with E-state index in [-0.39, 0.29) is 11.8 Å². The van der Waals surface area contributed by atoms with Crippen LogP contribution in [0.4, 0.5) is 17.1 Å². The van der Waals surface area contributed by atoms with Gasteiger partial charge in [0, 0.05) is 37.6 Å². The third-order valence-corrected chi connectivity index (χ3v) is 6.59. The van der Waals surface area contributed by atoms with Crippen LogP contribution in [-0.4, -0.2) is 60.3 Å². The number of piperidine rings is 1. The van der Waals surface area contributed by atoms with Crippen molar-refractivity contribution in [1.29, 1.82) is 0 Å². The number of hydrogen-bond acceptors (Lipinski definition) is 7. The average molecular weight is 447 g/mol. The molecule has 2 aliphatic rings. The number of aryl methyl sites for hydroxylation is 2. The summed E-state index contributed by atoms with van der Waals surface area (Å²) in [7, 11) is 0. The predicted molar refractivity (Wildman–Crippen MR) is 130 cm³/mol. The lowest BCUT2D eigenvalue weighted by Gasteiger charge is -2.33. The first-order valence-electron chi connectivity index (χ1n) is 11.7. The summed E-state index contributed by atoms with van der Waals surface area (Å²) in [5.74, 6) is -0.00182. The highest BCUT2D eigenvalue weighted by molar-refractivity contribution is 5.93. The number of amides is 1. The highest BCUT2D eigenvalue weighted by Gasteiger charge is 2.26. The number of benzene rings is 1. The van der Waals surface area contributed by atoms with E-state index in [9.17, 15) is 4.79 Å². The van der Waals surface area contributed by atoms with E-state index in [1.807, 2.05) is 38.2 Å². The van der Waals surface area contributed by atoms with E-state index in [0.717, 1.165) is 79.7 Å². The van der Waals surface area contributed by atoms with Gasteiger partial charge in [0.15, 0.2) is 5.65 Å². The summed E-state index contributed by atoms with van der Waals surface area (Å²) < 4.78 is 5.42. The van der Waals surface area contributed by atoms with Crippen molar-refractivity contribution in [3.05, 3.63) is 47.9 Å². The van der Waals surface area contributed by atoms with Gasteiger partial charge in [-0.25, -0.2) is 15.0 Å². The molecule has 172 valence electrons. The van der Waals surface area contributed by atoms with Crippen molar-refractivity contribution < 1.29 is 9.53 Å². The smallest absolute Gasteiger partial charge is 0.229 e. The largest absolute Gasteiger partial charge is 0.378 e. The topological polar surface area (TPSA) is 83.5 Å². The van der Waals surface area contributed by atoms with Gasteiger partial charge in [-0.05, 0) is 57.0 Å². The van der Waals surface area contributed by atoms with Crippen molar-refractivity contribution in [2.75, 3.05) is 54.5 Å². The van der Waals surface area contributed by atoms with Crippen molar-refractivity contribution in [1.82, 2.24) is 15.0 Å². The molecule has 2 fully saturated rings. The van der Waals surface area contributed by atoms with Gasteiger partial charge in [0.25, 0.3) is 0 Å². The third kappa shape index (κ3) is 4.75. The number of nitrogens with one attached hydrogen (secondary N) is 1. The number of fused-ring (bicyclic) bond motifs is 1. The van der Waals surface area contributed by atoms with Crippen LogP contribution >= 0.6 is 0 Å². The van der Waals surface area contributed by atoms with Crippen LogP contribution in [0.5, 0.6) is 0 Å². The summed E-state index contributed by atoms with van der Waals surface area (Å²) in [6.07, 6.45) is 3.69. The van der Waals surface area contributed by atoms with Gasteiger partial charge in [-0.3, -0.25) is 4.79 Å². The molecule has 0 bridgehead atoms. The molecule has 0 saturated carbocycles. The second-order valence-electron chi connectivity index (χ2n) is 8.85. The minimum atomic E-state index is -0.0702. The third-order valence-electron chi connectivity index (χ3n) is 6.59. The minimum absolute atomic E-state index is 0.0684. The lowest BCUT2D eigenvalue weighted by molar-refractivity contribution is -0.120. The summed E-state index contributed by atoms with van der Waals surface area (Å²) in [6.45, 7) is 8.80. The van der Waals surface area contributed by atoms with Crippen LogP contribution in [-0.2, 0) is 9.53 Å². The molecule has 2 aliphatic heterocycles. The van der Waals surface area contributed by atoms with Crippen molar-refractivity contribution >= 4 is 34.1 Å². The number of morpholine rings is 1.